The van der Waals surface area contributed by atoms with E-state index in [9.17, 15) is 38.4 Å². The molecule has 0 fully saturated rings. The van der Waals surface area contributed by atoms with Gasteiger partial charge in [0.05, 0.1) is 36.2 Å². The van der Waals surface area contributed by atoms with Gasteiger partial charge in [-0.3, -0.25) is 24.0 Å². The van der Waals surface area contributed by atoms with Gasteiger partial charge in [-0.1, -0.05) is 167 Å². The number of ether oxygens (including phenoxy) is 4. The lowest BCUT2D eigenvalue weighted by molar-refractivity contribution is -0.171. The molecule has 0 radical (unpaired) electrons. The Balaban J connectivity index is 1.04. The molecule has 1 aromatic heterocycles. The minimum absolute atomic E-state index is 0.0493. The summed E-state index contributed by atoms with van der Waals surface area (Å²) in [6.07, 6.45) is 2.74. The van der Waals surface area contributed by atoms with Crippen molar-refractivity contribution in [1.82, 2.24) is 21.0 Å². The summed E-state index contributed by atoms with van der Waals surface area (Å²) >= 11 is 0. The molecule has 1 heterocycles. The number of carbonyl (C=O) groups excluding carboxylic acids is 8. The number of unbranched alkanes of at least 4 members (excludes halogenated alkanes) is 2. The SMILES string of the molecule is CCCCCC(C(=O)NCNC(=O)c1ccc(-c2ccc(C(=O)NC(CC(=O)OCc3ccccc3)C(=O)OCc3ccccc3)c(OCC(=O)OCc3ccccc3)c2)o1)[C@@H](CC)N(C=O)OC(=O)c1cccc2ccccc12. The average molecular weight is 1090 g/mol. The van der Waals surface area contributed by atoms with E-state index >= 15 is 0 Å². The highest BCUT2D eigenvalue weighted by Gasteiger charge is 2.34. The lowest BCUT2D eigenvalue weighted by Gasteiger charge is -2.32. The van der Waals surface area contributed by atoms with Crippen molar-refractivity contribution in [3.05, 3.63) is 197 Å². The summed E-state index contributed by atoms with van der Waals surface area (Å²) < 4.78 is 28.3. The average Bonchev–Trinajstić information content (AvgIpc) is 4.03. The van der Waals surface area contributed by atoms with Crippen molar-refractivity contribution < 1.29 is 66.6 Å². The smallest absolute Gasteiger partial charge is 0.363 e. The molecule has 0 aliphatic heterocycles. The van der Waals surface area contributed by atoms with Crippen molar-refractivity contribution in [1.29, 1.82) is 0 Å². The predicted molar refractivity (Wildman–Crippen MR) is 294 cm³/mol. The second-order valence-electron chi connectivity index (χ2n) is 18.5. The number of furan rings is 1. The third-order valence-electron chi connectivity index (χ3n) is 12.8. The van der Waals surface area contributed by atoms with Gasteiger partial charge in [0.1, 0.15) is 37.4 Å². The van der Waals surface area contributed by atoms with Crippen LogP contribution in [0.2, 0.25) is 0 Å². The number of amides is 4. The van der Waals surface area contributed by atoms with Crippen LogP contribution >= 0.6 is 0 Å². The largest absolute Gasteiger partial charge is 0.481 e. The first kappa shape index (κ1) is 58.1. The molecule has 4 amide bonds. The maximum atomic E-state index is 14.2. The van der Waals surface area contributed by atoms with Crippen LogP contribution in [0.1, 0.15) is 100 Å². The van der Waals surface area contributed by atoms with E-state index in [0.717, 1.165) is 28.9 Å². The highest BCUT2D eigenvalue weighted by Crippen LogP contribution is 2.30. The fourth-order valence-corrected chi connectivity index (χ4v) is 8.64. The molecule has 2 unspecified atom stereocenters. The van der Waals surface area contributed by atoms with Gasteiger partial charge in [-0.15, -0.1) is 0 Å². The molecule has 6 aromatic carbocycles. The normalized spacial score (nSPS) is 11.9. The van der Waals surface area contributed by atoms with E-state index in [1.807, 2.05) is 37.3 Å². The fraction of sp³-hybridized carbons (Fsp3) is 0.258. The number of fused-ring (bicyclic) bond motifs is 1. The summed E-state index contributed by atoms with van der Waals surface area (Å²) in [5.74, 6) is -6.28. The van der Waals surface area contributed by atoms with Crippen molar-refractivity contribution >= 4 is 58.8 Å². The standard InChI is InChI=1S/C62H62N4O14/c1-3-5-9-28-49(52(4-2)66(41-67)80-61(73)48-29-18-26-45-25-16-17-27-47(45)48)58(70)63-40-64-60(72)54-33-32-53(79-54)46-30-31-50(55(34-46)75-39-57(69)77-37-43-21-12-7-13-22-43)59(71)65-51(62(74)78-38-44-23-14-8-15-24-44)35-56(68)76-36-42-19-10-6-11-20-42/h6-8,10-27,29-34,41,49,51-52H,3-5,9,28,35-40H2,1-2H3,(H,63,70)(H,64,72)(H,65,71)/t49?,51?,52-/m1/s1. The Morgan fingerprint density at radius 3 is 1.90 bits per heavy atom. The third-order valence-corrected chi connectivity index (χ3v) is 12.8. The molecule has 0 aliphatic carbocycles. The summed E-state index contributed by atoms with van der Waals surface area (Å²) in [6.45, 7) is 2.53. The molecule has 7 rings (SSSR count). The van der Waals surface area contributed by atoms with Crippen LogP contribution in [0.4, 0.5) is 0 Å². The molecule has 18 nitrogen and oxygen atoms in total. The van der Waals surface area contributed by atoms with Gasteiger partial charge in [0, 0.05) is 5.56 Å². The Hall–Kier alpha value is -9.58. The van der Waals surface area contributed by atoms with Gasteiger partial charge in [0.2, 0.25) is 12.3 Å². The van der Waals surface area contributed by atoms with E-state index in [0.29, 0.717) is 41.3 Å². The molecule has 3 N–H and O–H groups in total. The minimum Gasteiger partial charge on any atom is -0.481 e. The highest BCUT2D eigenvalue weighted by atomic mass is 16.7. The van der Waals surface area contributed by atoms with Crippen molar-refractivity contribution in [2.45, 2.75) is 84.3 Å². The number of rotatable bonds is 29. The van der Waals surface area contributed by atoms with Crippen molar-refractivity contribution in [2.75, 3.05) is 13.3 Å². The molecule has 0 spiro atoms. The van der Waals surface area contributed by atoms with Gasteiger partial charge in [0.15, 0.2) is 12.4 Å². The molecule has 0 aliphatic rings. The van der Waals surface area contributed by atoms with E-state index < -0.39 is 72.6 Å². The zero-order valence-corrected chi connectivity index (χ0v) is 44.3. The zero-order valence-electron chi connectivity index (χ0n) is 44.3. The molecule has 18 heteroatoms. The second-order valence-corrected chi connectivity index (χ2v) is 18.5. The van der Waals surface area contributed by atoms with Crippen LogP contribution in [-0.4, -0.2) is 78.4 Å². The molecule has 414 valence electrons. The first-order valence-electron chi connectivity index (χ1n) is 26.2. The molecule has 0 bridgehead atoms. The number of esters is 3. The monoisotopic (exact) mass is 1090 g/mol. The number of hydroxylamine groups is 2. The van der Waals surface area contributed by atoms with Gasteiger partial charge in [0.25, 0.3) is 11.8 Å². The van der Waals surface area contributed by atoms with Gasteiger partial charge in [-0.2, -0.15) is 5.06 Å². The Morgan fingerprint density at radius 2 is 1.25 bits per heavy atom. The molecule has 7 aromatic rings. The number of hydrogen-bond donors (Lipinski definition) is 3. The van der Waals surface area contributed by atoms with Crippen LogP contribution in [-0.2, 0) is 62.8 Å². The molecule has 0 saturated heterocycles. The topological polar surface area (TPSA) is 235 Å². The van der Waals surface area contributed by atoms with Gasteiger partial charge in [-0.25, -0.2) is 14.4 Å². The van der Waals surface area contributed by atoms with Gasteiger partial charge >= 0.3 is 23.9 Å². The number of hydrogen-bond acceptors (Lipinski definition) is 14. The van der Waals surface area contributed by atoms with Crippen LogP contribution in [0, 0.1) is 5.92 Å². The number of benzene rings is 6. The third kappa shape index (κ3) is 16.7. The summed E-state index contributed by atoms with van der Waals surface area (Å²) in [6, 6.07) is 43.9. The van der Waals surface area contributed by atoms with Crippen LogP contribution < -0.4 is 20.7 Å². The van der Waals surface area contributed by atoms with E-state index in [1.54, 1.807) is 110 Å². The number of carbonyl (C=O) groups is 8. The highest BCUT2D eigenvalue weighted by molar-refractivity contribution is 6.04. The Labute approximate surface area is 462 Å². The van der Waals surface area contributed by atoms with Crippen molar-refractivity contribution in [3.63, 3.8) is 0 Å². The van der Waals surface area contributed by atoms with Crippen molar-refractivity contribution in [3.8, 4) is 17.1 Å². The van der Waals surface area contributed by atoms with Gasteiger partial charge < -0.3 is 44.2 Å². The minimum atomic E-state index is -1.52. The Morgan fingerprint density at radius 1 is 0.625 bits per heavy atom. The number of nitrogens with one attached hydrogen (secondary N) is 3. The first-order valence-corrected chi connectivity index (χ1v) is 26.2. The van der Waals surface area contributed by atoms with Gasteiger partial charge in [-0.05, 0) is 70.6 Å². The lowest BCUT2D eigenvalue weighted by atomic mass is 9.90. The predicted octanol–water partition coefficient (Wildman–Crippen LogP) is 9.21. The van der Waals surface area contributed by atoms with E-state index in [1.165, 1.54) is 30.3 Å². The summed E-state index contributed by atoms with van der Waals surface area (Å²) in [5, 5.41) is 10.3. The number of nitrogens with zero attached hydrogens (tertiary/aromatic N) is 1. The zero-order chi connectivity index (χ0) is 56.6. The molecular weight excluding hydrogens is 1020 g/mol. The maximum Gasteiger partial charge on any atom is 0.363 e. The quantitative estimate of drug-likeness (QED) is 0.00991. The molecule has 3 atom stereocenters. The fourth-order valence-electron chi connectivity index (χ4n) is 8.64. The van der Waals surface area contributed by atoms with E-state index in [-0.39, 0.29) is 61.3 Å². The Bertz CT molecular complexity index is 3220. The summed E-state index contributed by atoms with van der Waals surface area (Å²) in [4.78, 5) is 113. The van der Waals surface area contributed by atoms with E-state index in [4.69, 9.17) is 28.2 Å². The molecular formula is C62H62N4O14. The van der Waals surface area contributed by atoms with Crippen LogP contribution in [0.15, 0.2) is 168 Å². The lowest BCUT2D eigenvalue weighted by Crippen LogP contribution is -2.49. The van der Waals surface area contributed by atoms with Crippen LogP contribution in [0.5, 0.6) is 5.75 Å². The molecule has 0 saturated carbocycles. The van der Waals surface area contributed by atoms with Crippen molar-refractivity contribution in [2.24, 2.45) is 5.92 Å². The summed E-state index contributed by atoms with van der Waals surface area (Å²) in [5.41, 5.74) is 2.50. The first-order chi connectivity index (χ1) is 38.9. The van der Waals surface area contributed by atoms with E-state index in [2.05, 4.69) is 16.0 Å². The van der Waals surface area contributed by atoms with Crippen LogP contribution in [0.25, 0.3) is 22.1 Å². The summed E-state index contributed by atoms with van der Waals surface area (Å²) in [7, 11) is 0. The second kappa shape index (κ2) is 29.8. The van der Waals surface area contributed by atoms with Crippen LogP contribution in [0.3, 0.4) is 0 Å². The Kier molecular flexibility index (Phi) is 21.6. The maximum absolute atomic E-state index is 14.2. The molecule has 80 heavy (non-hydrogen) atoms.